The van der Waals surface area contributed by atoms with Crippen LogP contribution in [0.4, 0.5) is 37.8 Å². The van der Waals surface area contributed by atoms with Crippen LogP contribution in [0.2, 0.25) is 0 Å². The van der Waals surface area contributed by atoms with E-state index in [0.717, 1.165) is 11.1 Å². The van der Waals surface area contributed by atoms with E-state index in [0.29, 0.717) is 23.5 Å². The molecule has 1 aromatic heterocycles. The van der Waals surface area contributed by atoms with E-state index in [9.17, 15) is 36.2 Å². The van der Waals surface area contributed by atoms with Crippen LogP contribution in [0.15, 0.2) is 54.7 Å². The minimum absolute atomic E-state index is 0.0321. The summed E-state index contributed by atoms with van der Waals surface area (Å²) < 4.78 is 80.8. The molecule has 11 heteroatoms. The minimum Gasteiger partial charge on any atom is -0.376 e. The highest BCUT2D eigenvalue weighted by Crippen LogP contribution is 2.41. The molecule has 1 amide bonds. The zero-order valence-electron chi connectivity index (χ0n) is 21.4. The maximum absolute atomic E-state index is 13.7. The number of carbonyl (C=O) groups is 1. The number of alkyl halides is 6. The van der Waals surface area contributed by atoms with Crippen molar-refractivity contribution in [3.8, 4) is 11.1 Å². The first-order valence-electron chi connectivity index (χ1n) is 11.4. The van der Waals surface area contributed by atoms with E-state index in [1.54, 1.807) is 19.2 Å². The predicted molar refractivity (Wildman–Crippen MR) is 133 cm³/mol. The molecule has 1 N–H and O–H groups in total. The fraction of sp³-hybridized carbons (Fsp3) is 0.333. The highest BCUT2D eigenvalue weighted by atomic mass is 19.4. The molecule has 0 atom stereocenters. The minimum atomic E-state index is -5.04. The van der Waals surface area contributed by atoms with Gasteiger partial charge in [0.1, 0.15) is 12.5 Å². The number of hydrogen-bond donors (Lipinski definition) is 1. The van der Waals surface area contributed by atoms with Gasteiger partial charge in [-0.3, -0.25) is 4.79 Å². The number of aryl methyl sites for hydroxylation is 1. The maximum Gasteiger partial charge on any atom is 0.416 e. The van der Waals surface area contributed by atoms with Gasteiger partial charge in [-0.2, -0.15) is 26.3 Å². The molecule has 204 valence electrons. The summed E-state index contributed by atoms with van der Waals surface area (Å²) in [5.74, 6) is -0.354. The van der Waals surface area contributed by atoms with Crippen LogP contribution in [0.25, 0.3) is 11.1 Å². The lowest BCUT2D eigenvalue weighted by atomic mass is 9.81. The third-order valence-electron chi connectivity index (χ3n) is 6.42. The van der Waals surface area contributed by atoms with Gasteiger partial charge in [-0.05, 0) is 61.7 Å². The first kappa shape index (κ1) is 29.0. The number of carbonyl (C=O) groups excluding carboxylic acids is 1. The third kappa shape index (κ3) is 5.77. The van der Waals surface area contributed by atoms with Gasteiger partial charge in [-0.15, -0.1) is 0 Å². The summed E-state index contributed by atoms with van der Waals surface area (Å²) in [5, 5.41) is 9.52. The number of likely N-dealkylation sites (N-methyl/N-ethyl adjacent to an activating group) is 1. The number of amides is 1. The van der Waals surface area contributed by atoms with Crippen molar-refractivity contribution in [2.45, 2.75) is 38.5 Å². The van der Waals surface area contributed by atoms with E-state index in [-0.39, 0.29) is 18.5 Å². The lowest BCUT2D eigenvalue weighted by Gasteiger charge is -2.32. The summed E-state index contributed by atoms with van der Waals surface area (Å²) in [6, 6.07) is 10.1. The zero-order chi connectivity index (χ0) is 28.6. The molecule has 0 saturated heterocycles. The Labute approximate surface area is 216 Å². The Morgan fingerprint density at radius 3 is 1.89 bits per heavy atom. The van der Waals surface area contributed by atoms with Crippen LogP contribution >= 0.6 is 0 Å². The van der Waals surface area contributed by atoms with Gasteiger partial charge in [0.25, 0.3) is 0 Å². The second-order valence-corrected chi connectivity index (χ2v) is 9.50. The molecule has 0 unspecified atom stereocenters. The highest BCUT2D eigenvalue weighted by Gasteiger charge is 2.41. The predicted octanol–water partition coefficient (Wildman–Crippen LogP) is 6.42. The van der Waals surface area contributed by atoms with E-state index in [1.165, 1.54) is 36.9 Å². The van der Waals surface area contributed by atoms with Gasteiger partial charge in [-0.25, -0.2) is 4.98 Å². The van der Waals surface area contributed by atoms with E-state index in [4.69, 9.17) is 0 Å². The van der Waals surface area contributed by atoms with Crippen molar-refractivity contribution in [3.05, 3.63) is 77.0 Å². The monoisotopic (exact) mass is 539 g/mol. The average Bonchev–Trinajstić information content (AvgIpc) is 2.86. The molecular formula is C27H27F6N3O2. The lowest BCUT2D eigenvalue weighted by molar-refractivity contribution is -0.143. The summed E-state index contributed by atoms with van der Waals surface area (Å²) in [4.78, 5) is 20.6. The number of aromatic nitrogens is 1. The van der Waals surface area contributed by atoms with Crippen molar-refractivity contribution < 1.29 is 36.2 Å². The van der Waals surface area contributed by atoms with Crippen LogP contribution in [0.5, 0.6) is 0 Å². The Bertz CT molecular complexity index is 1300. The molecule has 0 spiro atoms. The average molecular weight is 540 g/mol. The molecule has 0 saturated carbocycles. The number of pyridine rings is 1. The Balaban J connectivity index is 2.16. The highest BCUT2D eigenvalue weighted by molar-refractivity contribution is 6.03. The standard InChI is InChI=1S/C27H27F6N3O2/c1-16-8-6-7-9-20(16)21-13-23(35(4)15-37)34-14-22(21)36(5)24(38)25(2,3)17-10-18(26(28,29)30)12-19(11-17)27(31,32)33/h6-14,37H,15H2,1-5H3. The number of nitrogens with zero attached hydrogens (tertiary/aromatic N) is 3. The van der Waals surface area contributed by atoms with Crippen molar-refractivity contribution in [3.63, 3.8) is 0 Å². The Kier molecular flexibility index (Phi) is 7.84. The number of rotatable bonds is 6. The Morgan fingerprint density at radius 2 is 1.39 bits per heavy atom. The van der Waals surface area contributed by atoms with Crippen molar-refractivity contribution >= 4 is 17.4 Å². The smallest absolute Gasteiger partial charge is 0.376 e. The number of benzene rings is 2. The number of aliphatic hydroxyl groups is 1. The molecule has 0 radical (unpaired) electrons. The number of aliphatic hydroxyl groups excluding tert-OH is 1. The molecule has 0 aliphatic rings. The molecular weight excluding hydrogens is 512 g/mol. The van der Waals surface area contributed by atoms with Crippen LogP contribution in [0.1, 0.15) is 36.1 Å². The summed E-state index contributed by atoms with van der Waals surface area (Å²) >= 11 is 0. The van der Waals surface area contributed by atoms with Gasteiger partial charge in [0, 0.05) is 19.7 Å². The van der Waals surface area contributed by atoms with Gasteiger partial charge < -0.3 is 14.9 Å². The maximum atomic E-state index is 13.7. The molecule has 0 aliphatic heterocycles. The summed E-state index contributed by atoms with van der Waals surface area (Å²) in [7, 11) is 2.99. The quantitative estimate of drug-likeness (QED) is 0.290. The molecule has 3 rings (SSSR count). The third-order valence-corrected chi connectivity index (χ3v) is 6.42. The summed E-state index contributed by atoms with van der Waals surface area (Å²) in [6.45, 7) is 4.06. The van der Waals surface area contributed by atoms with Gasteiger partial charge in [-0.1, -0.05) is 24.3 Å². The number of halogens is 6. The van der Waals surface area contributed by atoms with Crippen LogP contribution < -0.4 is 9.80 Å². The van der Waals surface area contributed by atoms with Crippen LogP contribution in [-0.4, -0.2) is 36.8 Å². The largest absolute Gasteiger partial charge is 0.416 e. The fourth-order valence-electron chi connectivity index (χ4n) is 4.04. The van der Waals surface area contributed by atoms with E-state index in [1.807, 2.05) is 25.1 Å². The number of hydrogen-bond acceptors (Lipinski definition) is 4. The molecule has 3 aromatic rings. The Morgan fingerprint density at radius 1 is 0.868 bits per heavy atom. The molecule has 0 fully saturated rings. The Hall–Kier alpha value is -3.60. The van der Waals surface area contributed by atoms with Crippen molar-refractivity contribution in [1.29, 1.82) is 0 Å². The lowest BCUT2D eigenvalue weighted by Crippen LogP contribution is -2.42. The zero-order valence-corrected chi connectivity index (χ0v) is 21.4. The van der Waals surface area contributed by atoms with Crippen molar-refractivity contribution in [2.75, 3.05) is 30.6 Å². The molecule has 2 aromatic carbocycles. The number of anilines is 2. The molecule has 5 nitrogen and oxygen atoms in total. The molecule has 0 aliphatic carbocycles. The first-order valence-corrected chi connectivity index (χ1v) is 11.4. The van der Waals surface area contributed by atoms with Gasteiger partial charge in [0.05, 0.1) is 28.4 Å². The second-order valence-electron chi connectivity index (χ2n) is 9.50. The van der Waals surface area contributed by atoms with E-state index in [2.05, 4.69) is 4.98 Å². The first-order chi connectivity index (χ1) is 17.5. The second kappa shape index (κ2) is 10.3. The van der Waals surface area contributed by atoms with Gasteiger partial charge in [0.2, 0.25) is 5.91 Å². The van der Waals surface area contributed by atoms with Crippen LogP contribution in [0.3, 0.4) is 0 Å². The van der Waals surface area contributed by atoms with E-state index >= 15 is 0 Å². The van der Waals surface area contributed by atoms with Gasteiger partial charge in [0.15, 0.2) is 0 Å². The van der Waals surface area contributed by atoms with Crippen LogP contribution in [0, 0.1) is 6.92 Å². The van der Waals surface area contributed by atoms with Gasteiger partial charge >= 0.3 is 12.4 Å². The fourth-order valence-corrected chi connectivity index (χ4v) is 4.04. The molecule has 0 bridgehead atoms. The van der Waals surface area contributed by atoms with Crippen LogP contribution in [-0.2, 0) is 22.6 Å². The molecule has 38 heavy (non-hydrogen) atoms. The molecule has 1 heterocycles. The SMILES string of the molecule is Cc1ccccc1-c1cc(N(C)CO)ncc1N(C)C(=O)C(C)(C)c1cc(C(F)(F)F)cc(C(F)(F)F)c1. The topological polar surface area (TPSA) is 56.7 Å². The summed E-state index contributed by atoms with van der Waals surface area (Å²) in [6.07, 6.45) is -8.71. The van der Waals surface area contributed by atoms with E-state index < -0.39 is 40.4 Å². The normalized spacial score (nSPS) is 12.4. The van der Waals surface area contributed by atoms with Crippen molar-refractivity contribution in [2.24, 2.45) is 0 Å². The van der Waals surface area contributed by atoms with Crippen molar-refractivity contribution in [1.82, 2.24) is 4.98 Å². The summed E-state index contributed by atoms with van der Waals surface area (Å²) in [5.41, 5.74) is -2.79.